The number of nitrogens with zero attached hydrogens (tertiary/aromatic N) is 2. The van der Waals surface area contributed by atoms with Gasteiger partial charge in [-0.05, 0) is 52.0 Å². The van der Waals surface area contributed by atoms with Crippen molar-refractivity contribution < 1.29 is 14.3 Å². The largest absolute Gasteiger partial charge is 0.462 e. The van der Waals surface area contributed by atoms with Crippen LogP contribution in [0.2, 0.25) is 5.02 Å². The molecule has 6 nitrogen and oxygen atoms in total. The van der Waals surface area contributed by atoms with E-state index in [1.807, 2.05) is 6.92 Å². The highest BCUT2D eigenvalue weighted by atomic mass is 35.5. The van der Waals surface area contributed by atoms with Crippen molar-refractivity contribution in [2.75, 3.05) is 11.9 Å². The highest BCUT2D eigenvalue weighted by Crippen LogP contribution is 2.38. The number of rotatable bonds is 5. The van der Waals surface area contributed by atoms with E-state index in [1.54, 1.807) is 18.5 Å². The summed E-state index contributed by atoms with van der Waals surface area (Å²) in [7, 11) is 0. The van der Waals surface area contributed by atoms with Crippen molar-refractivity contribution in [2.45, 2.75) is 53.0 Å². The number of fused-ring (bicyclic) bond motifs is 1. The summed E-state index contributed by atoms with van der Waals surface area (Å²) in [5.74, 6) is -0.604. The van der Waals surface area contributed by atoms with E-state index in [0.29, 0.717) is 27.9 Å². The zero-order valence-electron chi connectivity index (χ0n) is 15.1. The van der Waals surface area contributed by atoms with Crippen molar-refractivity contribution >= 4 is 39.8 Å². The Morgan fingerprint density at radius 2 is 2.04 bits per heavy atom. The van der Waals surface area contributed by atoms with E-state index in [2.05, 4.69) is 10.4 Å². The molecule has 140 valence electrons. The first-order chi connectivity index (χ1) is 12.4. The van der Waals surface area contributed by atoms with Gasteiger partial charge < -0.3 is 10.1 Å². The number of esters is 1. The molecule has 0 radical (unpaired) electrons. The molecule has 2 aromatic heterocycles. The summed E-state index contributed by atoms with van der Waals surface area (Å²) in [5, 5.41) is 8.31. The molecule has 0 saturated heterocycles. The summed E-state index contributed by atoms with van der Waals surface area (Å²) < 4.78 is 6.79. The van der Waals surface area contributed by atoms with Crippen LogP contribution in [0, 0.1) is 13.8 Å². The van der Waals surface area contributed by atoms with Gasteiger partial charge in [-0.25, -0.2) is 4.79 Å². The van der Waals surface area contributed by atoms with Gasteiger partial charge in [0.1, 0.15) is 11.5 Å². The third-order valence-electron chi connectivity index (χ3n) is 4.49. The number of aromatic nitrogens is 2. The van der Waals surface area contributed by atoms with Crippen LogP contribution < -0.4 is 5.32 Å². The summed E-state index contributed by atoms with van der Waals surface area (Å²) in [5.41, 5.74) is 2.99. The number of amides is 1. The van der Waals surface area contributed by atoms with Gasteiger partial charge in [0.15, 0.2) is 0 Å². The van der Waals surface area contributed by atoms with Gasteiger partial charge in [-0.15, -0.1) is 11.3 Å². The van der Waals surface area contributed by atoms with Crippen LogP contribution in [0.25, 0.3) is 0 Å². The molecule has 0 atom stereocenters. The van der Waals surface area contributed by atoms with Crippen LogP contribution in [0.4, 0.5) is 5.00 Å². The van der Waals surface area contributed by atoms with Gasteiger partial charge in [0.05, 0.1) is 28.6 Å². The fraction of sp³-hybridized carbons (Fsp3) is 0.500. The van der Waals surface area contributed by atoms with E-state index in [4.69, 9.17) is 16.3 Å². The van der Waals surface area contributed by atoms with Crippen molar-refractivity contribution in [3.8, 4) is 0 Å². The minimum atomic E-state index is -0.364. The Bertz CT molecular complexity index is 856. The number of carbonyl (C=O) groups is 2. The monoisotopic (exact) mass is 395 g/mol. The Labute approximate surface area is 161 Å². The molecule has 0 aromatic carbocycles. The van der Waals surface area contributed by atoms with Gasteiger partial charge in [0.25, 0.3) is 0 Å². The molecule has 3 rings (SSSR count). The normalized spacial score (nSPS) is 13.4. The second-order valence-corrected chi connectivity index (χ2v) is 7.81. The van der Waals surface area contributed by atoms with Crippen LogP contribution in [0.3, 0.4) is 0 Å². The van der Waals surface area contributed by atoms with Gasteiger partial charge in [-0.1, -0.05) is 11.6 Å². The highest BCUT2D eigenvalue weighted by Gasteiger charge is 2.27. The molecule has 2 aromatic rings. The second-order valence-electron chi connectivity index (χ2n) is 6.33. The topological polar surface area (TPSA) is 73.2 Å². The maximum absolute atomic E-state index is 12.5. The third kappa shape index (κ3) is 3.64. The predicted octanol–water partition coefficient (Wildman–Crippen LogP) is 3.91. The van der Waals surface area contributed by atoms with Crippen LogP contribution in [0.15, 0.2) is 0 Å². The van der Waals surface area contributed by atoms with Crippen LogP contribution in [-0.2, 0) is 28.9 Å². The fourth-order valence-corrected chi connectivity index (χ4v) is 4.63. The summed E-state index contributed by atoms with van der Waals surface area (Å²) >= 11 is 7.62. The molecule has 8 heteroatoms. The van der Waals surface area contributed by atoms with Crippen molar-refractivity contribution in [2.24, 2.45) is 0 Å². The van der Waals surface area contributed by atoms with Crippen LogP contribution in [0.5, 0.6) is 0 Å². The minimum Gasteiger partial charge on any atom is -0.462 e. The van der Waals surface area contributed by atoms with Gasteiger partial charge in [-0.2, -0.15) is 5.10 Å². The molecule has 1 N–H and O–H groups in total. The number of ether oxygens (including phenoxy) is 1. The van der Waals surface area contributed by atoms with Gasteiger partial charge in [-0.3, -0.25) is 9.48 Å². The van der Waals surface area contributed by atoms with E-state index >= 15 is 0 Å². The molecule has 26 heavy (non-hydrogen) atoms. The average molecular weight is 396 g/mol. The molecule has 1 amide bonds. The number of aryl methyl sites for hydroxylation is 2. The first kappa shape index (κ1) is 18.9. The molecule has 2 heterocycles. The Balaban J connectivity index is 1.84. The number of anilines is 1. The molecular weight excluding hydrogens is 374 g/mol. The maximum atomic E-state index is 12.5. The van der Waals surface area contributed by atoms with Crippen molar-refractivity contribution in [1.82, 2.24) is 9.78 Å². The fourth-order valence-electron chi connectivity index (χ4n) is 3.20. The lowest BCUT2D eigenvalue weighted by Crippen LogP contribution is -2.21. The Kier molecular flexibility index (Phi) is 5.67. The van der Waals surface area contributed by atoms with Crippen LogP contribution in [0.1, 0.15) is 52.0 Å². The number of nitrogens with one attached hydrogen (secondary N) is 1. The Morgan fingerprint density at radius 1 is 1.31 bits per heavy atom. The molecule has 0 bridgehead atoms. The van der Waals surface area contributed by atoms with E-state index in [9.17, 15) is 9.59 Å². The van der Waals surface area contributed by atoms with Crippen LogP contribution >= 0.6 is 22.9 Å². The van der Waals surface area contributed by atoms with Gasteiger partial charge >= 0.3 is 5.97 Å². The smallest absolute Gasteiger partial charge is 0.341 e. The van der Waals surface area contributed by atoms with E-state index in [0.717, 1.165) is 36.9 Å². The van der Waals surface area contributed by atoms with Crippen LogP contribution in [-0.4, -0.2) is 28.3 Å². The molecule has 0 spiro atoms. The minimum absolute atomic E-state index is 0.0459. The molecule has 0 fully saturated rings. The molecule has 1 aliphatic rings. The van der Waals surface area contributed by atoms with E-state index < -0.39 is 0 Å². The average Bonchev–Trinajstić information content (AvgIpc) is 3.07. The summed E-state index contributed by atoms with van der Waals surface area (Å²) in [6, 6.07) is 0. The molecule has 1 aliphatic carbocycles. The lowest BCUT2D eigenvalue weighted by atomic mass is 9.95. The zero-order chi connectivity index (χ0) is 18.8. The number of hydrogen-bond acceptors (Lipinski definition) is 5. The molecular formula is C18H22ClN3O3S. The first-order valence-electron chi connectivity index (χ1n) is 8.73. The number of carbonyl (C=O) groups excluding carboxylic acids is 2. The molecule has 0 unspecified atom stereocenters. The second kappa shape index (κ2) is 7.80. The van der Waals surface area contributed by atoms with Crippen molar-refractivity contribution in [1.29, 1.82) is 0 Å². The Morgan fingerprint density at radius 3 is 2.69 bits per heavy atom. The predicted molar refractivity (Wildman–Crippen MR) is 102 cm³/mol. The SMILES string of the molecule is CCOC(=O)c1c(NC(=O)Cn2nc(C)c(Cl)c2C)sc2c1CCCC2. The summed E-state index contributed by atoms with van der Waals surface area (Å²) in [6.45, 7) is 5.76. The number of hydrogen-bond donors (Lipinski definition) is 1. The standard InChI is InChI=1S/C18H22ClN3O3S/c1-4-25-18(24)15-12-7-5-6-8-13(12)26-17(15)20-14(23)9-22-11(3)16(19)10(2)21-22/h4-9H2,1-3H3,(H,20,23). The Hall–Kier alpha value is -1.86. The summed E-state index contributed by atoms with van der Waals surface area (Å²) in [4.78, 5) is 26.1. The van der Waals surface area contributed by atoms with Crippen molar-refractivity contribution in [3.05, 3.63) is 32.4 Å². The van der Waals surface area contributed by atoms with E-state index in [-0.39, 0.29) is 18.4 Å². The lowest BCUT2D eigenvalue weighted by molar-refractivity contribution is -0.116. The lowest BCUT2D eigenvalue weighted by Gasteiger charge is -2.12. The zero-order valence-corrected chi connectivity index (χ0v) is 16.7. The van der Waals surface area contributed by atoms with Crippen molar-refractivity contribution in [3.63, 3.8) is 0 Å². The number of halogens is 1. The van der Waals surface area contributed by atoms with E-state index in [1.165, 1.54) is 16.2 Å². The highest BCUT2D eigenvalue weighted by molar-refractivity contribution is 7.17. The molecule has 0 saturated carbocycles. The third-order valence-corrected chi connectivity index (χ3v) is 6.24. The molecule has 0 aliphatic heterocycles. The van der Waals surface area contributed by atoms with Gasteiger partial charge in [0.2, 0.25) is 5.91 Å². The quantitative estimate of drug-likeness (QED) is 0.779. The maximum Gasteiger partial charge on any atom is 0.341 e. The summed E-state index contributed by atoms with van der Waals surface area (Å²) in [6.07, 6.45) is 3.94. The first-order valence-corrected chi connectivity index (χ1v) is 9.92. The number of thiophene rings is 1. The van der Waals surface area contributed by atoms with Gasteiger partial charge in [0, 0.05) is 4.88 Å².